The van der Waals surface area contributed by atoms with Crippen molar-refractivity contribution in [2.75, 3.05) is 27.7 Å². The van der Waals surface area contributed by atoms with E-state index >= 15 is 0 Å². The fourth-order valence-corrected chi connectivity index (χ4v) is 3.74. The molecule has 2 amide bonds. The van der Waals surface area contributed by atoms with Crippen molar-refractivity contribution in [3.05, 3.63) is 96.6 Å². The second-order valence-corrected chi connectivity index (χ2v) is 8.19. The fraction of sp³-hybridized carbons (Fsp3) is 0.231. The van der Waals surface area contributed by atoms with Gasteiger partial charge in [0.05, 0.1) is 30.2 Å². The van der Waals surface area contributed by atoms with Crippen molar-refractivity contribution in [2.24, 2.45) is 0 Å². The van der Waals surface area contributed by atoms with E-state index in [9.17, 15) is 4.79 Å². The third-order valence-electron chi connectivity index (χ3n) is 5.55. The smallest absolute Gasteiger partial charge is 0.317 e. The first-order valence-corrected chi connectivity index (χ1v) is 10.9. The van der Waals surface area contributed by atoms with Crippen LogP contribution >= 0.6 is 0 Å². The topological polar surface area (TPSA) is 66.5 Å². The van der Waals surface area contributed by atoms with Crippen LogP contribution in [0.15, 0.2) is 89.7 Å². The Morgan fingerprint density at radius 1 is 1.00 bits per heavy atom. The normalized spacial score (nSPS) is 12.0. The van der Waals surface area contributed by atoms with Crippen molar-refractivity contribution in [1.82, 2.24) is 24.9 Å². The van der Waals surface area contributed by atoms with Crippen molar-refractivity contribution < 1.29 is 9.21 Å². The molecular formula is C26H29N5O2. The number of nitrogens with zero attached hydrogens (tertiary/aromatic N) is 4. The van der Waals surface area contributed by atoms with E-state index in [1.54, 1.807) is 18.2 Å². The Bertz CT molecular complexity index is 1150. The van der Waals surface area contributed by atoms with Crippen molar-refractivity contribution in [2.45, 2.75) is 12.6 Å². The maximum atomic E-state index is 12.9. The number of para-hydroxylation sites is 1. The SMILES string of the molecule is CN(Cc1cn(-c2ccccc2)nc1-c1ccccc1)C(=O)NC[C@@H](c1ccco1)N(C)C. The highest BCUT2D eigenvalue weighted by molar-refractivity contribution is 5.74. The van der Waals surface area contributed by atoms with Gasteiger partial charge in [-0.2, -0.15) is 5.10 Å². The maximum Gasteiger partial charge on any atom is 0.317 e. The second kappa shape index (κ2) is 10.2. The van der Waals surface area contributed by atoms with Gasteiger partial charge >= 0.3 is 6.03 Å². The average molecular weight is 444 g/mol. The number of hydrogen-bond acceptors (Lipinski definition) is 4. The minimum atomic E-state index is -0.153. The fourth-order valence-electron chi connectivity index (χ4n) is 3.74. The van der Waals surface area contributed by atoms with Crippen LogP contribution in [-0.4, -0.2) is 53.3 Å². The van der Waals surface area contributed by atoms with Gasteiger partial charge in [0, 0.05) is 30.9 Å². The molecule has 0 bridgehead atoms. The van der Waals surface area contributed by atoms with Gasteiger partial charge in [-0.3, -0.25) is 4.90 Å². The summed E-state index contributed by atoms with van der Waals surface area (Å²) in [6.07, 6.45) is 3.64. The van der Waals surface area contributed by atoms with Crippen LogP contribution in [-0.2, 0) is 6.54 Å². The molecule has 170 valence electrons. The van der Waals surface area contributed by atoms with E-state index in [1.807, 2.05) is 103 Å². The monoisotopic (exact) mass is 443 g/mol. The third-order valence-corrected chi connectivity index (χ3v) is 5.55. The summed E-state index contributed by atoms with van der Waals surface area (Å²) >= 11 is 0. The number of carbonyl (C=O) groups excluding carboxylic acids is 1. The van der Waals surface area contributed by atoms with E-state index in [1.165, 1.54) is 0 Å². The summed E-state index contributed by atoms with van der Waals surface area (Å²) in [7, 11) is 5.72. The Hall–Kier alpha value is -3.84. The van der Waals surface area contributed by atoms with Gasteiger partial charge in [0.2, 0.25) is 0 Å². The molecule has 0 aliphatic heterocycles. The molecule has 7 heteroatoms. The zero-order valence-electron chi connectivity index (χ0n) is 19.2. The quantitative estimate of drug-likeness (QED) is 0.433. The molecule has 4 aromatic rings. The van der Waals surface area contributed by atoms with Gasteiger partial charge in [0.1, 0.15) is 5.76 Å². The molecule has 0 aliphatic rings. The molecule has 0 unspecified atom stereocenters. The van der Waals surface area contributed by atoms with Crippen molar-refractivity contribution in [3.63, 3.8) is 0 Å². The largest absolute Gasteiger partial charge is 0.468 e. The molecule has 1 N–H and O–H groups in total. The molecule has 0 aliphatic carbocycles. The highest BCUT2D eigenvalue weighted by Gasteiger charge is 2.20. The molecule has 2 aromatic carbocycles. The molecule has 0 saturated heterocycles. The highest BCUT2D eigenvalue weighted by atomic mass is 16.3. The van der Waals surface area contributed by atoms with Gasteiger partial charge < -0.3 is 14.6 Å². The van der Waals surface area contributed by atoms with Gasteiger partial charge in [-0.1, -0.05) is 48.5 Å². The van der Waals surface area contributed by atoms with Crippen LogP contribution in [0.4, 0.5) is 4.79 Å². The molecule has 0 saturated carbocycles. The molecule has 1 atom stereocenters. The highest BCUT2D eigenvalue weighted by Crippen LogP contribution is 2.25. The Balaban J connectivity index is 1.51. The molecule has 2 aromatic heterocycles. The van der Waals surface area contributed by atoms with E-state index in [4.69, 9.17) is 9.52 Å². The molecule has 0 spiro atoms. The molecule has 2 heterocycles. The Labute approximate surface area is 194 Å². The lowest BCUT2D eigenvalue weighted by molar-refractivity contribution is 0.197. The first-order chi connectivity index (χ1) is 16.0. The van der Waals surface area contributed by atoms with Crippen LogP contribution in [0.25, 0.3) is 16.9 Å². The van der Waals surface area contributed by atoms with Crippen molar-refractivity contribution >= 4 is 6.03 Å². The van der Waals surface area contributed by atoms with Crippen LogP contribution in [0.2, 0.25) is 0 Å². The number of amides is 2. The number of benzene rings is 2. The molecular weight excluding hydrogens is 414 g/mol. The lowest BCUT2D eigenvalue weighted by Crippen LogP contribution is -2.41. The van der Waals surface area contributed by atoms with E-state index < -0.39 is 0 Å². The minimum Gasteiger partial charge on any atom is -0.468 e. The van der Waals surface area contributed by atoms with Gasteiger partial charge in [-0.15, -0.1) is 0 Å². The first-order valence-electron chi connectivity index (χ1n) is 10.9. The summed E-state index contributed by atoms with van der Waals surface area (Å²) in [5.74, 6) is 0.818. The number of carbonyl (C=O) groups is 1. The molecule has 7 nitrogen and oxygen atoms in total. The number of nitrogens with one attached hydrogen (secondary N) is 1. The van der Waals surface area contributed by atoms with E-state index in [2.05, 4.69) is 5.32 Å². The first kappa shape index (κ1) is 22.4. The Kier molecular flexibility index (Phi) is 6.90. The minimum absolute atomic E-state index is 0.0435. The van der Waals surface area contributed by atoms with Crippen LogP contribution in [0.5, 0.6) is 0 Å². The van der Waals surface area contributed by atoms with E-state index in [0.717, 1.165) is 28.3 Å². The number of likely N-dealkylation sites (N-methyl/N-ethyl adjacent to an activating group) is 1. The second-order valence-electron chi connectivity index (χ2n) is 8.19. The molecule has 4 rings (SSSR count). The standard InChI is InChI=1S/C26H29N5O2/c1-29(2)23(24-15-10-16-33-24)17-27-26(32)30(3)18-21-19-31(22-13-8-5-9-14-22)28-25(21)20-11-6-4-7-12-20/h4-16,19,23H,17-18H2,1-3H3,(H,27,32)/t23-/m0/s1. The number of furan rings is 1. The lowest BCUT2D eigenvalue weighted by atomic mass is 10.1. The number of aromatic nitrogens is 2. The van der Waals surface area contributed by atoms with Crippen LogP contribution in [0.3, 0.4) is 0 Å². The molecule has 0 fully saturated rings. The molecule has 0 radical (unpaired) electrons. The Morgan fingerprint density at radius 3 is 2.33 bits per heavy atom. The van der Waals surface area contributed by atoms with Gasteiger partial charge in [-0.25, -0.2) is 9.48 Å². The zero-order valence-corrected chi connectivity index (χ0v) is 19.2. The summed E-state index contributed by atoms with van der Waals surface area (Å²) in [5, 5.41) is 7.86. The number of hydrogen-bond donors (Lipinski definition) is 1. The maximum absolute atomic E-state index is 12.9. The predicted octanol–water partition coefficient (Wildman–Crippen LogP) is 4.58. The number of rotatable bonds is 8. The predicted molar refractivity (Wildman–Crippen MR) is 129 cm³/mol. The van der Waals surface area contributed by atoms with Crippen LogP contribution < -0.4 is 5.32 Å². The summed E-state index contributed by atoms with van der Waals surface area (Å²) in [6, 6.07) is 23.6. The van der Waals surface area contributed by atoms with Crippen molar-refractivity contribution in [3.8, 4) is 16.9 Å². The van der Waals surface area contributed by atoms with Gasteiger partial charge in [0.25, 0.3) is 0 Å². The third kappa shape index (κ3) is 5.32. The van der Waals surface area contributed by atoms with Crippen molar-refractivity contribution in [1.29, 1.82) is 0 Å². The van der Waals surface area contributed by atoms with Crippen LogP contribution in [0.1, 0.15) is 17.4 Å². The Morgan fingerprint density at radius 2 is 1.70 bits per heavy atom. The lowest BCUT2D eigenvalue weighted by Gasteiger charge is -2.24. The summed E-state index contributed by atoms with van der Waals surface area (Å²) in [6.45, 7) is 0.870. The van der Waals surface area contributed by atoms with E-state index in [-0.39, 0.29) is 12.1 Å². The van der Waals surface area contributed by atoms with Crippen LogP contribution in [0, 0.1) is 0 Å². The summed E-state index contributed by atoms with van der Waals surface area (Å²) in [4.78, 5) is 16.6. The van der Waals surface area contributed by atoms with Gasteiger partial charge in [0.15, 0.2) is 0 Å². The molecule has 33 heavy (non-hydrogen) atoms. The number of urea groups is 1. The average Bonchev–Trinajstić information content (AvgIpc) is 3.51. The zero-order chi connectivity index (χ0) is 23.2. The van der Waals surface area contributed by atoms with Gasteiger partial charge in [-0.05, 0) is 38.4 Å². The van der Waals surface area contributed by atoms with E-state index in [0.29, 0.717) is 13.1 Å². The summed E-state index contributed by atoms with van der Waals surface area (Å²) in [5.41, 5.74) is 3.82. The summed E-state index contributed by atoms with van der Waals surface area (Å²) < 4.78 is 7.40.